The minimum atomic E-state index is -3.84. The average molecular weight is 428 g/mol. The molecule has 0 N–H and O–H groups in total. The molecule has 2 amide bonds. The molecule has 2 saturated heterocycles. The van der Waals surface area contributed by atoms with Gasteiger partial charge >= 0.3 is 0 Å². The molecule has 0 radical (unpaired) electrons. The zero-order valence-electron chi connectivity index (χ0n) is 15.3. The van der Waals surface area contributed by atoms with Crippen LogP contribution in [0.25, 0.3) is 0 Å². The van der Waals surface area contributed by atoms with E-state index in [0.717, 1.165) is 12.8 Å². The van der Waals surface area contributed by atoms with Gasteiger partial charge in [0.15, 0.2) is 0 Å². The summed E-state index contributed by atoms with van der Waals surface area (Å²) in [5.74, 6) is -0.402. The smallest absolute Gasteiger partial charge is 0.253 e. The molecule has 28 heavy (non-hydrogen) atoms. The second-order valence-corrected chi connectivity index (χ2v) is 9.54. The number of rotatable bonds is 4. The minimum Gasteiger partial charge on any atom is -0.366 e. The first-order valence-corrected chi connectivity index (χ1v) is 11.1. The maximum Gasteiger partial charge on any atom is 0.253 e. The number of morpholine rings is 1. The highest BCUT2D eigenvalue weighted by Crippen LogP contribution is 2.29. The van der Waals surface area contributed by atoms with E-state index in [4.69, 9.17) is 16.3 Å². The van der Waals surface area contributed by atoms with Crippen LogP contribution in [0.3, 0.4) is 0 Å². The summed E-state index contributed by atoms with van der Waals surface area (Å²) < 4.78 is 32.6. The van der Waals surface area contributed by atoms with Crippen LogP contribution in [0.4, 0.5) is 0 Å². The van der Waals surface area contributed by atoms with Gasteiger partial charge in [0.25, 0.3) is 5.91 Å². The number of sulfonamides is 1. The Balaban J connectivity index is 1.44. The van der Waals surface area contributed by atoms with Crippen molar-refractivity contribution >= 4 is 33.4 Å². The number of halogens is 1. The van der Waals surface area contributed by atoms with Crippen LogP contribution in [0.15, 0.2) is 29.2 Å². The van der Waals surface area contributed by atoms with Crippen LogP contribution in [0, 0.1) is 0 Å². The number of carbonyl (C=O) groups is 2. The lowest BCUT2D eigenvalue weighted by Crippen LogP contribution is -2.58. The van der Waals surface area contributed by atoms with Gasteiger partial charge in [0.2, 0.25) is 15.9 Å². The quantitative estimate of drug-likeness (QED) is 0.700. The fourth-order valence-electron chi connectivity index (χ4n) is 3.64. The van der Waals surface area contributed by atoms with Gasteiger partial charge in [-0.25, -0.2) is 8.42 Å². The predicted octanol–water partition coefficient (Wildman–Crippen LogP) is 0.563. The highest BCUT2D eigenvalue weighted by atomic mass is 35.5. The lowest BCUT2D eigenvalue weighted by atomic mass is 10.2. The number of ether oxygens (including phenoxy) is 1. The van der Waals surface area contributed by atoms with Crippen molar-refractivity contribution in [1.82, 2.24) is 14.1 Å². The molecule has 0 unspecified atom stereocenters. The summed E-state index contributed by atoms with van der Waals surface area (Å²) >= 11 is 6.05. The molecule has 3 aliphatic rings. The van der Waals surface area contributed by atoms with E-state index in [9.17, 15) is 18.0 Å². The molecule has 10 heteroatoms. The standard InChI is InChI=1S/C18H22ClN3O5S/c19-14-3-1-2-4-16(14)28(25,26)21-9-10-27-15(11-21)18(24)20-7-8-22(13-5-6-13)17(23)12-20/h1-4,13,15H,5-12H2/t15-/m0/s1. The molecule has 1 aromatic carbocycles. The van der Waals surface area contributed by atoms with E-state index in [-0.39, 0.29) is 48.0 Å². The van der Waals surface area contributed by atoms with Gasteiger partial charge in [-0.3, -0.25) is 9.59 Å². The normalized spacial score (nSPS) is 24.5. The third-order valence-electron chi connectivity index (χ3n) is 5.32. The molecule has 1 atom stereocenters. The predicted molar refractivity (Wildman–Crippen MR) is 101 cm³/mol. The van der Waals surface area contributed by atoms with Crippen molar-refractivity contribution in [3.63, 3.8) is 0 Å². The van der Waals surface area contributed by atoms with E-state index >= 15 is 0 Å². The van der Waals surface area contributed by atoms with Crippen molar-refractivity contribution in [2.24, 2.45) is 0 Å². The van der Waals surface area contributed by atoms with Crippen LogP contribution in [0.1, 0.15) is 12.8 Å². The minimum absolute atomic E-state index is 0.0120. The number of hydrogen-bond donors (Lipinski definition) is 0. The van der Waals surface area contributed by atoms with Crippen LogP contribution in [-0.2, 0) is 24.3 Å². The second-order valence-electron chi connectivity index (χ2n) is 7.23. The SMILES string of the molecule is O=C([C@@H]1CN(S(=O)(=O)c2ccccc2Cl)CCO1)N1CCN(C2CC2)C(=O)C1. The summed E-state index contributed by atoms with van der Waals surface area (Å²) in [5, 5.41) is 0.138. The van der Waals surface area contributed by atoms with Gasteiger partial charge in [0.05, 0.1) is 18.2 Å². The summed E-state index contributed by atoms with van der Waals surface area (Å²) in [7, 11) is -3.84. The van der Waals surface area contributed by atoms with Crippen LogP contribution >= 0.6 is 11.6 Å². The topological polar surface area (TPSA) is 87.2 Å². The molecule has 0 aromatic heterocycles. The van der Waals surface area contributed by atoms with E-state index in [1.807, 2.05) is 4.90 Å². The Morgan fingerprint density at radius 2 is 1.89 bits per heavy atom. The van der Waals surface area contributed by atoms with Crippen molar-refractivity contribution in [2.75, 3.05) is 39.3 Å². The van der Waals surface area contributed by atoms with Crippen molar-refractivity contribution < 1.29 is 22.7 Å². The van der Waals surface area contributed by atoms with Crippen LogP contribution < -0.4 is 0 Å². The Morgan fingerprint density at radius 3 is 2.57 bits per heavy atom. The molecule has 0 bridgehead atoms. The molecular weight excluding hydrogens is 406 g/mol. The highest BCUT2D eigenvalue weighted by Gasteiger charge is 2.40. The van der Waals surface area contributed by atoms with Crippen molar-refractivity contribution in [3.8, 4) is 0 Å². The van der Waals surface area contributed by atoms with E-state index < -0.39 is 16.1 Å². The van der Waals surface area contributed by atoms with Gasteiger partial charge in [-0.05, 0) is 25.0 Å². The molecule has 2 heterocycles. The third kappa shape index (κ3) is 3.76. The molecule has 1 saturated carbocycles. The number of benzene rings is 1. The Kier molecular flexibility index (Phi) is 5.34. The van der Waals surface area contributed by atoms with E-state index in [1.165, 1.54) is 21.3 Å². The van der Waals surface area contributed by atoms with Gasteiger partial charge in [0.1, 0.15) is 11.0 Å². The number of amides is 2. The molecule has 4 rings (SSSR count). The van der Waals surface area contributed by atoms with Crippen LogP contribution in [0.5, 0.6) is 0 Å². The third-order valence-corrected chi connectivity index (χ3v) is 7.68. The zero-order valence-corrected chi connectivity index (χ0v) is 16.9. The lowest BCUT2D eigenvalue weighted by molar-refractivity contribution is -0.155. The zero-order chi connectivity index (χ0) is 19.9. The number of hydrogen-bond acceptors (Lipinski definition) is 5. The summed E-state index contributed by atoms with van der Waals surface area (Å²) in [4.78, 5) is 28.5. The van der Waals surface area contributed by atoms with Crippen molar-refractivity contribution in [2.45, 2.75) is 29.9 Å². The Bertz CT molecular complexity index is 889. The first-order valence-electron chi connectivity index (χ1n) is 9.32. The molecule has 152 valence electrons. The van der Waals surface area contributed by atoms with E-state index in [0.29, 0.717) is 19.1 Å². The number of piperazine rings is 1. The Hall–Kier alpha value is -1.68. The van der Waals surface area contributed by atoms with Gasteiger partial charge in [-0.2, -0.15) is 4.31 Å². The molecule has 3 fully saturated rings. The highest BCUT2D eigenvalue weighted by molar-refractivity contribution is 7.89. The number of nitrogens with zero attached hydrogens (tertiary/aromatic N) is 3. The average Bonchev–Trinajstić information content (AvgIpc) is 3.53. The van der Waals surface area contributed by atoms with E-state index in [2.05, 4.69) is 0 Å². The fourth-order valence-corrected chi connectivity index (χ4v) is 5.55. The Morgan fingerprint density at radius 1 is 1.14 bits per heavy atom. The second kappa shape index (κ2) is 7.62. The molecule has 8 nitrogen and oxygen atoms in total. The first kappa shape index (κ1) is 19.6. The monoisotopic (exact) mass is 427 g/mol. The number of carbonyl (C=O) groups excluding carboxylic acids is 2. The van der Waals surface area contributed by atoms with Gasteiger partial charge in [-0.15, -0.1) is 0 Å². The van der Waals surface area contributed by atoms with Crippen LogP contribution in [0.2, 0.25) is 5.02 Å². The maximum atomic E-state index is 12.9. The van der Waals surface area contributed by atoms with Gasteiger partial charge in [0, 0.05) is 32.2 Å². The summed E-state index contributed by atoms with van der Waals surface area (Å²) in [5.41, 5.74) is 0. The molecular formula is C18H22ClN3O5S. The van der Waals surface area contributed by atoms with Gasteiger partial charge in [-0.1, -0.05) is 23.7 Å². The van der Waals surface area contributed by atoms with Crippen molar-refractivity contribution in [1.29, 1.82) is 0 Å². The van der Waals surface area contributed by atoms with Gasteiger partial charge < -0.3 is 14.5 Å². The van der Waals surface area contributed by atoms with Crippen molar-refractivity contribution in [3.05, 3.63) is 29.3 Å². The van der Waals surface area contributed by atoms with Crippen LogP contribution in [-0.4, -0.2) is 85.8 Å². The maximum absolute atomic E-state index is 12.9. The van der Waals surface area contributed by atoms with E-state index in [1.54, 1.807) is 12.1 Å². The fraction of sp³-hybridized carbons (Fsp3) is 0.556. The first-order chi connectivity index (χ1) is 13.4. The molecule has 1 aliphatic carbocycles. The molecule has 1 aromatic rings. The lowest BCUT2D eigenvalue weighted by Gasteiger charge is -2.38. The molecule has 2 aliphatic heterocycles. The summed E-state index contributed by atoms with van der Waals surface area (Å²) in [6.45, 7) is 1.14. The summed E-state index contributed by atoms with van der Waals surface area (Å²) in [6.07, 6.45) is 1.13. The molecule has 0 spiro atoms. The largest absolute Gasteiger partial charge is 0.366 e. The Labute approximate surface area is 169 Å². The summed E-state index contributed by atoms with van der Waals surface area (Å²) in [6, 6.07) is 6.55.